The molecule has 0 aliphatic carbocycles. The van der Waals surface area contributed by atoms with Crippen LogP contribution in [0.1, 0.15) is 24.1 Å². The van der Waals surface area contributed by atoms with E-state index < -0.39 is 12.1 Å². The van der Waals surface area contributed by atoms with Crippen molar-refractivity contribution in [2.45, 2.75) is 26.0 Å². The van der Waals surface area contributed by atoms with Crippen LogP contribution in [0.4, 0.5) is 0 Å². The lowest BCUT2D eigenvalue weighted by Gasteiger charge is -2.20. The van der Waals surface area contributed by atoms with Crippen molar-refractivity contribution >= 4 is 11.6 Å². The molecule has 0 spiro atoms. The molecule has 15 heavy (non-hydrogen) atoms. The summed E-state index contributed by atoms with van der Waals surface area (Å²) in [7, 11) is 1.58. The van der Waals surface area contributed by atoms with Gasteiger partial charge in [-0.2, -0.15) is 0 Å². The van der Waals surface area contributed by atoms with Crippen molar-refractivity contribution < 1.29 is 9.84 Å². The fourth-order valence-electron chi connectivity index (χ4n) is 1.54. The van der Waals surface area contributed by atoms with Crippen molar-refractivity contribution in [1.82, 2.24) is 0 Å². The summed E-state index contributed by atoms with van der Waals surface area (Å²) in [5, 5.41) is 10.0. The van der Waals surface area contributed by atoms with Crippen LogP contribution in [-0.2, 0) is 0 Å². The minimum Gasteiger partial charge on any atom is -0.496 e. The fraction of sp³-hybridized carbons (Fsp3) is 0.455. The maximum Gasteiger partial charge on any atom is 0.126 e. The molecule has 0 aliphatic rings. The van der Waals surface area contributed by atoms with Gasteiger partial charge in [-0.05, 0) is 31.5 Å². The highest BCUT2D eigenvalue weighted by atomic mass is 35.5. The minimum atomic E-state index is -0.642. The first-order valence-corrected chi connectivity index (χ1v) is 5.12. The van der Waals surface area contributed by atoms with E-state index in [4.69, 9.17) is 22.1 Å². The first-order valence-electron chi connectivity index (χ1n) is 4.75. The molecule has 2 atom stereocenters. The number of hydrogen-bond donors (Lipinski definition) is 2. The second kappa shape index (κ2) is 4.84. The van der Waals surface area contributed by atoms with Crippen molar-refractivity contribution in [1.29, 1.82) is 0 Å². The molecule has 0 heterocycles. The molecular formula is C11H16ClNO2. The third kappa shape index (κ3) is 2.62. The van der Waals surface area contributed by atoms with Gasteiger partial charge in [0.25, 0.3) is 0 Å². The quantitative estimate of drug-likeness (QED) is 0.834. The highest BCUT2D eigenvalue weighted by Gasteiger charge is 2.18. The van der Waals surface area contributed by atoms with Gasteiger partial charge in [0.1, 0.15) is 5.75 Å². The Kier molecular flexibility index (Phi) is 3.97. The molecular weight excluding hydrogens is 214 g/mol. The maximum atomic E-state index is 9.45. The van der Waals surface area contributed by atoms with Crippen molar-refractivity contribution in [3.05, 3.63) is 28.3 Å². The Morgan fingerprint density at radius 1 is 1.47 bits per heavy atom. The smallest absolute Gasteiger partial charge is 0.126 e. The summed E-state index contributed by atoms with van der Waals surface area (Å²) in [6.45, 7) is 3.53. The predicted molar refractivity (Wildman–Crippen MR) is 61.4 cm³/mol. The van der Waals surface area contributed by atoms with Gasteiger partial charge in [0.2, 0.25) is 0 Å². The van der Waals surface area contributed by atoms with E-state index in [1.807, 2.05) is 6.92 Å². The van der Waals surface area contributed by atoms with E-state index >= 15 is 0 Å². The van der Waals surface area contributed by atoms with Gasteiger partial charge in [-0.3, -0.25) is 0 Å². The van der Waals surface area contributed by atoms with Gasteiger partial charge in [0, 0.05) is 10.6 Å². The van der Waals surface area contributed by atoms with E-state index in [1.165, 1.54) is 0 Å². The van der Waals surface area contributed by atoms with Gasteiger partial charge in [-0.25, -0.2) is 0 Å². The number of aryl methyl sites for hydroxylation is 1. The lowest BCUT2D eigenvalue weighted by atomic mass is 10.00. The van der Waals surface area contributed by atoms with Crippen LogP contribution < -0.4 is 10.5 Å². The number of nitrogens with two attached hydrogens (primary N) is 1. The Balaban J connectivity index is 3.26. The Bertz CT molecular complexity index is 353. The van der Waals surface area contributed by atoms with E-state index in [0.29, 0.717) is 10.8 Å². The second-order valence-corrected chi connectivity index (χ2v) is 4.05. The molecule has 1 aromatic rings. The summed E-state index contributed by atoms with van der Waals surface area (Å²) in [5.74, 6) is 0.688. The molecule has 3 N–H and O–H groups in total. The number of methoxy groups -OCH3 is 1. The lowest BCUT2D eigenvalue weighted by molar-refractivity contribution is 0.162. The van der Waals surface area contributed by atoms with E-state index in [1.54, 1.807) is 26.2 Å². The molecule has 1 rings (SSSR count). The zero-order chi connectivity index (χ0) is 11.6. The molecule has 84 valence electrons. The molecule has 0 aromatic heterocycles. The predicted octanol–water partition coefficient (Wildman–Crippen LogP) is 2.04. The molecule has 0 bridgehead atoms. The van der Waals surface area contributed by atoms with Gasteiger partial charge < -0.3 is 15.6 Å². The number of hydrogen-bond acceptors (Lipinski definition) is 3. The topological polar surface area (TPSA) is 55.5 Å². The average Bonchev–Trinajstić information content (AvgIpc) is 2.15. The number of benzene rings is 1. The molecule has 0 saturated heterocycles. The third-order valence-electron chi connectivity index (χ3n) is 2.35. The standard InChI is InChI=1S/C11H16ClNO2/c1-6-4-8(12)5-9(11(6)15-3)10(13)7(2)14/h4-5,7,10,14H,13H2,1-3H3. The molecule has 0 saturated carbocycles. The van der Waals surface area contributed by atoms with Crippen LogP contribution in [0.5, 0.6) is 5.75 Å². The van der Waals surface area contributed by atoms with Crippen LogP contribution in [0.3, 0.4) is 0 Å². The molecule has 2 unspecified atom stereocenters. The largest absolute Gasteiger partial charge is 0.496 e. The van der Waals surface area contributed by atoms with Gasteiger partial charge in [0.15, 0.2) is 0 Å². The summed E-state index contributed by atoms with van der Waals surface area (Å²) in [4.78, 5) is 0. The summed E-state index contributed by atoms with van der Waals surface area (Å²) in [6, 6.07) is 3.04. The van der Waals surface area contributed by atoms with Gasteiger partial charge >= 0.3 is 0 Å². The molecule has 4 heteroatoms. The summed E-state index contributed by atoms with van der Waals surface area (Å²) >= 11 is 5.94. The molecule has 0 fully saturated rings. The highest BCUT2D eigenvalue weighted by Crippen LogP contribution is 2.32. The number of aliphatic hydroxyl groups is 1. The SMILES string of the molecule is COc1c(C)cc(Cl)cc1C(N)C(C)O. The van der Waals surface area contributed by atoms with Crippen LogP contribution in [0.2, 0.25) is 5.02 Å². The zero-order valence-electron chi connectivity index (χ0n) is 9.12. The van der Waals surface area contributed by atoms with Gasteiger partial charge in [0.05, 0.1) is 19.3 Å². The third-order valence-corrected chi connectivity index (χ3v) is 2.57. The highest BCUT2D eigenvalue weighted by molar-refractivity contribution is 6.30. The van der Waals surface area contributed by atoms with Gasteiger partial charge in [-0.15, -0.1) is 0 Å². The minimum absolute atomic E-state index is 0.489. The lowest BCUT2D eigenvalue weighted by Crippen LogP contribution is -2.24. The molecule has 3 nitrogen and oxygen atoms in total. The van der Waals surface area contributed by atoms with Crippen LogP contribution >= 0.6 is 11.6 Å². The van der Waals surface area contributed by atoms with Gasteiger partial charge in [-0.1, -0.05) is 11.6 Å². The molecule has 0 amide bonds. The number of aliphatic hydroxyl groups excluding tert-OH is 1. The Morgan fingerprint density at radius 3 is 2.53 bits per heavy atom. The van der Waals surface area contributed by atoms with Crippen LogP contribution in [0, 0.1) is 6.92 Å². The van der Waals surface area contributed by atoms with Crippen LogP contribution in [0.15, 0.2) is 12.1 Å². The summed E-state index contributed by atoms with van der Waals surface area (Å²) in [5.41, 5.74) is 7.51. The first kappa shape index (κ1) is 12.3. The molecule has 1 aromatic carbocycles. The Morgan fingerprint density at radius 2 is 2.07 bits per heavy atom. The average molecular weight is 230 g/mol. The number of halogens is 1. The fourth-order valence-corrected chi connectivity index (χ4v) is 1.82. The van der Waals surface area contributed by atoms with E-state index in [2.05, 4.69) is 0 Å². The first-order chi connectivity index (χ1) is 6.97. The molecule has 0 radical (unpaired) electrons. The van der Waals surface area contributed by atoms with E-state index in [9.17, 15) is 5.11 Å². The van der Waals surface area contributed by atoms with Crippen LogP contribution in [0.25, 0.3) is 0 Å². The zero-order valence-corrected chi connectivity index (χ0v) is 9.88. The maximum absolute atomic E-state index is 9.45. The Labute approximate surface area is 94.8 Å². The van der Waals surface area contributed by atoms with Crippen molar-refractivity contribution in [2.24, 2.45) is 5.73 Å². The van der Waals surface area contributed by atoms with Crippen molar-refractivity contribution in [3.8, 4) is 5.75 Å². The summed E-state index contributed by atoms with van der Waals surface area (Å²) in [6.07, 6.45) is -0.642. The van der Waals surface area contributed by atoms with Crippen LogP contribution in [-0.4, -0.2) is 18.3 Å². The van der Waals surface area contributed by atoms with Crippen molar-refractivity contribution in [3.63, 3.8) is 0 Å². The van der Waals surface area contributed by atoms with E-state index in [0.717, 1.165) is 11.1 Å². The number of ether oxygens (including phenoxy) is 1. The van der Waals surface area contributed by atoms with Crippen molar-refractivity contribution in [2.75, 3.05) is 7.11 Å². The Hall–Kier alpha value is -0.770. The second-order valence-electron chi connectivity index (χ2n) is 3.61. The molecule has 0 aliphatic heterocycles. The normalized spacial score (nSPS) is 14.8. The monoisotopic (exact) mass is 229 g/mol. The van der Waals surface area contributed by atoms with E-state index in [-0.39, 0.29) is 0 Å². The number of rotatable bonds is 3. The summed E-state index contributed by atoms with van der Waals surface area (Å²) < 4.78 is 5.25.